The Hall–Kier alpha value is -1.66. The Labute approximate surface area is 130 Å². The molecule has 2 rings (SSSR count). The van der Waals surface area contributed by atoms with Gasteiger partial charge in [-0.1, -0.05) is 35.0 Å². The van der Waals surface area contributed by atoms with Crippen molar-refractivity contribution in [2.24, 2.45) is 0 Å². The molecule has 1 heterocycles. The average Bonchev–Trinajstić information content (AvgIpc) is 2.85. The second kappa shape index (κ2) is 6.87. The third-order valence-corrected chi connectivity index (χ3v) is 4.87. The van der Waals surface area contributed by atoms with Gasteiger partial charge in [-0.05, 0) is 25.5 Å². The van der Waals surface area contributed by atoms with Gasteiger partial charge in [0, 0.05) is 21.9 Å². The van der Waals surface area contributed by atoms with Gasteiger partial charge in [-0.3, -0.25) is 9.00 Å². The van der Waals surface area contributed by atoms with E-state index in [9.17, 15) is 9.00 Å². The summed E-state index contributed by atoms with van der Waals surface area (Å²) >= 11 is 6.03. The molecule has 0 aliphatic heterocycles. The lowest BCUT2D eigenvalue weighted by Crippen LogP contribution is -2.29. The molecule has 1 amide bonds. The smallest absolute Gasteiger partial charge is 0.241 e. The zero-order chi connectivity index (χ0) is 15.4. The van der Waals surface area contributed by atoms with Gasteiger partial charge in [0.05, 0.1) is 5.75 Å². The fourth-order valence-corrected chi connectivity index (χ4v) is 3.05. The highest BCUT2D eigenvalue weighted by Gasteiger charge is 2.21. The molecule has 112 valence electrons. The number of rotatable bonds is 5. The largest absolute Gasteiger partial charge is 0.360 e. The predicted molar refractivity (Wildman–Crippen MR) is 82.6 cm³/mol. The molecule has 1 N–H and O–H groups in total. The van der Waals surface area contributed by atoms with Crippen molar-refractivity contribution in [3.05, 3.63) is 46.7 Å². The Morgan fingerprint density at radius 2 is 2.19 bits per heavy atom. The summed E-state index contributed by atoms with van der Waals surface area (Å²) < 4.78 is 17.1. The standard InChI is InChI=1S/C14H15ClN2O3S/c1-9-7-13(17-20-9)16-14(18)10(2)21(19)8-11-5-3-4-6-12(11)15/h3-7,10H,8H2,1-2H3,(H,16,17,18)/t10-,21-/m0/s1. The van der Waals surface area contributed by atoms with Gasteiger partial charge in [-0.2, -0.15) is 0 Å². The molecule has 1 aromatic heterocycles. The summed E-state index contributed by atoms with van der Waals surface area (Å²) in [6, 6.07) is 8.75. The van der Waals surface area contributed by atoms with Crippen LogP contribution in [0.3, 0.4) is 0 Å². The highest BCUT2D eigenvalue weighted by molar-refractivity contribution is 7.85. The van der Waals surface area contributed by atoms with E-state index in [1.165, 1.54) is 0 Å². The van der Waals surface area contributed by atoms with Gasteiger partial charge in [0.25, 0.3) is 0 Å². The van der Waals surface area contributed by atoms with E-state index >= 15 is 0 Å². The van der Waals surface area contributed by atoms with Crippen molar-refractivity contribution < 1.29 is 13.5 Å². The number of hydrogen-bond acceptors (Lipinski definition) is 4. The number of halogens is 1. The van der Waals surface area contributed by atoms with Crippen LogP contribution >= 0.6 is 11.6 Å². The normalized spacial score (nSPS) is 13.7. The topological polar surface area (TPSA) is 72.2 Å². The third-order valence-electron chi connectivity index (χ3n) is 2.90. The van der Waals surface area contributed by atoms with E-state index in [0.717, 1.165) is 5.56 Å². The molecule has 0 aliphatic rings. The molecule has 21 heavy (non-hydrogen) atoms. The van der Waals surface area contributed by atoms with Crippen molar-refractivity contribution >= 4 is 34.1 Å². The zero-order valence-corrected chi connectivity index (χ0v) is 13.2. The molecule has 0 fully saturated rings. The number of amides is 1. The van der Waals surface area contributed by atoms with Gasteiger partial charge in [0.15, 0.2) is 5.82 Å². The fourth-order valence-electron chi connectivity index (χ4n) is 1.67. The molecule has 0 saturated carbocycles. The van der Waals surface area contributed by atoms with Crippen molar-refractivity contribution in [3.63, 3.8) is 0 Å². The van der Waals surface area contributed by atoms with Gasteiger partial charge in [-0.25, -0.2) is 0 Å². The molecular formula is C14H15ClN2O3S. The zero-order valence-electron chi connectivity index (χ0n) is 11.6. The number of carbonyl (C=O) groups excluding carboxylic acids is 1. The number of anilines is 1. The van der Waals surface area contributed by atoms with Crippen molar-refractivity contribution in [2.45, 2.75) is 24.9 Å². The molecule has 0 radical (unpaired) electrons. The van der Waals surface area contributed by atoms with Crippen LogP contribution < -0.4 is 5.32 Å². The highest BCUT2D eigenvalue weighted by atomic mass is 35.5. The Balaban J connectivity index is 1.98. The Morgan fingerprint density at radius 1 is 1.48 bits per heavy atom. The van der Waals surface area contributed by atoms with Crippen LogP contribution in [-0.4, -0.2) is 20.5 Å². The molecular weight excluding hydrogens is 312 g/mol. The lowest BCUT2D eigenvalue weighted by molar-refractivity contribution is -0.115. The third kappa shape index (κ3) is 4.15. The molecule has 5 nitrogen and oxygen atoms in total. The summed E-state index contributed by atoms with van der Waals surface area (Å²) in [5, 5.41) is 6.11. The van der Waals surface area contributed by atoms with E-state index in [4.69, 9.17) is 16.1 Å². The quantitative estimate of drug-likeness (QED) is 0.917. The molecule has 1 aromatic carbocycles. The maximum atomic E-state index is 12.2. The van der Waals surface area contributed by atoms with Gasteiger partial charge in [-0.15, -0.1) is 0 Å². The summed E-state index contributed by atoms with van der Waals surface area (Å²) in [6.45, 7) is 3.33. The Morgan fingerprint density at radius 3 is 2.81 bits per heavy atom. The lowest BCUT2D eigenvalue weighted by Gasteiger charge is -2.11. The molecule has 2 aromatic rings. The minimum absolute atomic E-state index is 0.228. The van der Waals surface area contributed by atoms with Crippen LogP contribution in [0, 0.1) is 6.92 Å². The summed E-state index contributed by atoms with van der Waals surface area (Å²) in [5.74, 6) is 0.773. The number of nitrogens with one attached hydrogen (secondary N) is 1. The number of nitrogens with zero attached hydrogens (tertiary/aromatic N) is 1. The minimum Gasteiger partial charge on any atom is -0.360 e. The monoisotopic (exact) mass is 326 g/mol. The SMILES string of the molecule is Cc1cc(NC(=O)[C@H](C)[S@@](=O)Cc2ccccc2Cl)no1. The molecule has 0 saturated heterocycles. The van der Waals surface area contributed by atoms with Crippen molar-refractivity contribution in [3.8, 4) is 0 Å². The van der Waals surface area contributed by atoms with Gasteiger partial charge >= 0.3 is 0 Å². The van der Waals surface area contributed by atoms with Crippen molar-refractivity contribution in [1.29, 1.82) is 0 Å². The molecule has 7 heteroatoms. The van der Waals surface area contributed by atoms with Crippen LogP contribution in [0.4, 0.5) is 5.82 Å². The summed E-state index contributed by atoms with van der Waals surface area (Å²) in [5.41, 5.74) is 0.759. The maximum Gasteiger partial charge on any atom is 0.241 e. The van der Waals surface area contributed by atoms with E-state index in [1.807, 2.05) is 6.07 Å². The van der Waals surface area contributed by atoms with Gasteiger partial charge in [0.1, 0.15) is 11.0 Å². The van der Waals surface area contributed by atoms with E-state index < -0.39 is 16.0 Å². The van der Waals surface area contributed by atoms with Crippen LogP contribution in [0.25, 0.3) is 0 Å². The van der Waals surface area contributed by atoms with Gasteiger partial charge < -0.3 is 9.84 Å². The van der Waals surface area contributed by atoms with Crippen LogP contribution in [0.1, 0.15) is 18.2 Å². The van der Waals surface area contributed by atoms with Crippen LogP contribution in [-0.2, 0) is 21.3 Å². The molecule has 0 bridgehead atoms. The average molecular weight is 327 g/mol. The summed E-state index contributed by atoms with van der Waals surface area (Å²) in [6.07, 6.45) is 0. The Bertz CT molecular complexity index is 672. The van der Waals surface area contributed by atoms with Crippen molar-refractivity contribution in [2.75, 3.05) is 5.32 Å². The Kier molecular flexibility index (Phi) is 5.14. The number of aromatic nitrogens is 1. The van der Waals surface area contributed by atoms with E-state index in [0.29, 0.717) is 16.6 Å². The van der Waals surface area contributed by atoms with Gasteiger partial charge in [0.2, 0.25) is 5.91 Å². The van der Waals surface area contributed by atoms with E-state index in [2.05, 4.69) is 10.5 Å². The first-order chi connectivity index (χ1) is 9.97. The molecule has 2 atom stereocenters. The second-order valence-electron chi connectivity index (χ2n) is 4.57. The van der Waals surface area contributed by atoms with Crippen LogP contribution in [0.2, 0.25) is 5.02 Å². The summed E-state index contributed by atoms with van der Waals surface area (Å²) in [4.78, 5) is 12.0. The minimum atomic E-state index is -1.38. The number of benzene rings is 1. The highest BCUT2D eigenvalue weighted by Crippen LogP contribution is 2.18. The predicted octanol–water partition coefficient (Wildman–Crippen LogP) is 2.91. The number of aryl methyl sites for hydroxylation is 1. The fraction of sp³-hybridized carbons (Fsp3) is 0.286. The van der Waals surface area contributed by atoms with Crippen molar-refractivity contribution in [1.82, 2.24) is 5.16 Å². The van der Waals surface area contributed by atoms with Crippen LogP contribution in [0.15, 0.2) is 34.9 Å². The van der Waals surface area contributed by atoms with Crippen LogP contribution in [0.5, 0.6) is 0 Å². The first-order valence-corrected chi connectivity index (χ1v) is 8.08. The maximum absolute atomic E-state index is 12.2. The summed E-state index contributed by atoms with van der Waals surface area (Å²) in [7, 11) is -1.38. The van der Waals surface area contributed by atoms with E-state index in [-0.39, 0.29) is 11.7 Å². The molecule has 0 unspecified atom stereocenters. The molecule has 0 aliphatic carbocycles. The number of carbonyl (C=O) groups is 1. The number of hydrogen-bond donors (Lipinski definition) is 1. The second-order valence-corrected chi connectivity index (χ2v) is 6.74. The first kappa shape index (κ1) is 15.7. The first-order valence-electron chi connectivity index (χ1n) is 6.32. The molecule has 0 spiro atoms. The van der Waals surface area contributed by atoms with E-state index in [1.54, 1.807) is 38.1 Å². The lowest BCUT2D eigenvalue weighted by atomic mass is 10.2.